The van der Waals surface area contributed by atoms with Crippen LogP contribution in [0.25, 0.3) is 0 Å². The molecule has 0 spiro atoms. The van der Waals surface area contributed by atoms with Gasteiger partial charge in [0.15, 0.2) is 5.78 Å². The maximum absolute atomic E-state index is 13.3. The SMILES string of the molecule is CC(C)(C)OC(=O)N1c2ccccc2C(=O)C(C)(C(=O)O)C1Cc1ccccc1. The van der Waals surface area contributed by atoms with Gasteiger partial charge in [-0.3, -0.25) is 14.5 Å². The van der Waals surface area contributed by atoms with Crippen LogP contribution in [0, 0.1) is 5.41 Å². The van der Waals surface area contributed by atoms with Gasteiger partial charge < -0.3 is 9.84 Å². The van der Waals surface area contributed by atoms with Gasteiger partial charge in [0.05, 0.1) is 11.7 Å². The Hall–Kier alpha value is -3.15. The van der Waals surface area contributed by atoms with E-state index in [4.69, 9.17) is 4.74 Å². The molecule has 0 aliphatic carbocycles. The van der Waals surface area contributed by atoms with E-state index in [2.05, 4.69) is 0 Å². The fraction of sp³-hybridized carbons (Fsp3) is 0.348. The number of aliphatic carboxylic acids is 1. The number of hydrogen-bond donors (Lipinski definition) is 1. The van der Waals surface area contributed by atoms with E-state index in [0.29, 0.717) is 5.69 Å². The summed E-state index contributed by atoms with van der Waals surface area (Å²) in [6, 6.07) is 14.9. The molecule has 3 rings (SSSR count). The predicted octanol–water partition coefficient (Wildman–Crippen LogP) is 4.33. The lowest BCUT2D eigenvalue weighted by Gasteiger charge is -2.45. The van der Waals surface area contributed by atoms with Crippen molar-refractivity contribution in [1.82, 2.24) is 0 Å². The lowest BCUT2D eigenvalue weighted by molar-refractivity contribution is -0.146. The van der Waals surface area contributed by atoms with E-state index in [-0.39, 0.29) is 12.0 Å². The van der Waals surface area contributed by atoms with E-state index >= 15 is 0 Å². The Morgan fingerprint density at radius 3 is 2.24 bits per heavy atom. The maximum Gasteiger partial charge on any atom is 0.415 e. The van der Waals surface area contributed by atoms with Crippen molar-refractivity contribution < 1.29 is 24.2 Å². The lowest BCUT2D eigenvalue weighted by Crippen LogP contribution is -2.61. The highest BCUT2D eigenvalue weighted by atomic mass is 16.6. The normalized spacial score (nSPS) is 21.4. The Balaban J connectivity index is 2.20. The molecule has 2 atom stereocenters. The molecule has 1 aliphatic rings. The number of benzene rings is 2. The van der Waals surface area contributed by atoms with Gasteiger partial charge in [-0.15, -0.1) is 0 Å². The highest BCUT2D eigenvalue weighted by Gasteiger charge is 2.57. The van der Waals surface area contributed by atoms with E-state index in [1.54, 1.807) is 45.0 Å². The van der Waals surface area contributed by atoms with Crippen molar-refractivity contribution in [2.75, 3.05) is 4.90 Å². The van der Waals surface area contributed by atoms with E-state index in [1.165, 1.54) is 11.8 Å². The van der Waals surface area contributed by atoms with Crippen LogP contribution in [0.3, 0.4) is 0 Å². The number of rotatable bonds is 3. The standard InChI is InChI=1S/C23H25NO5/c1-22(2,3)29-21(28)24-17-13-9-8-12-16(17)19(25)23(4,20(26)27)18(24)14-15-10-6-5-7-11-15/h5-13,18H,14H2,1-4H3,(H,26,27). The Bertz CT molecular complexity index is 947. The van der Waals surface area contributed by atoms with Crippen molar-refractivity contribution in [3.05, 3.63) is 65.7 Å². The second kappa shape index (κ2) is 7.35. The fourth-order valence-electron chi connectivity index (χ4n) is 3.64. The van der Waals surface area contributed by atoms with Gasteiger partial charge in [-0.1, -0.05) is 42.5 Å². The van der Waals surface area contributed by atoms with E-state index in [9.17, 15) is 19.5 Å². The van der Waals surface area contributed by atoms with Crippen LogP contribution >= 0.6 is 0 Å². The molecule has 2 aromatic rings. The van der Waals surface area contributed by atoms with Crippen molar-refractivity contribution in [3.8, 4) is 0 Å². The smallest absolute Gasteiger partial charge is 0.415 e. The van der Waals surface area contributed by atoms with E-state index < -0.39 is 34.9 Å². The van der Waals surface area contributed by atoms with Gasteiger partial charge in [0.1, 0.15) is 11.0 Å². The Kier molecular flexibility index (Phi) is 5.22. The van der Waals surface area contributed by atoms with Gasteiger partial charge in [-0.25, -0.2) is 4.79 Å². The first-order valence-electron chi connectivity index (χ1n) is 9.49. The Morgan fingerprint density at radius 2 is 1.66 bits per heavy atom. The van der Waals surface area contributed by atoms with Crippen LogP contribution in [0.1, 0.15) is 43.6 Å². The molecule has 0 saturated carbocycles. The molecular formula is C23H25NO5. The molecule has 6 heteroatoms. The zero-order chi connectivity index (χ0) is 21.4. The third-order valence-corrected chi connectivity index (χ3v) is 5.16. The van der Waals surface area contributed by atoms with Gasteiger partial charge in [0.25, 0.3) is 0 Å². The molecule has 1 amide bonds. The zero-order valence-electron chi connectivity index (χ0n) is 17.0. The minimum Gasteiger partial charge on any atom is -0.480 e. The van der Waals surface area contributed by atoms with E-state index in [1.807, 2.05) is 30.3 Å². The summed E-state index contributed by atoms with van der Waals surface area (Å²) in [5, 5.41) is 10.1. The molecule has 2 aromatic carbocycles. The van der Waals surface area contributed by atoms with Gasteiger partial charge in [-0.05, 0) is 51.8 Å². The summed E-state index contributed by atoms with van der Waals surface area (Å²) in [6.45, 7) is 6.62. The Labute approximate surface area is 170 Å². The van der Waals surface area contributed by atoms with Crippen LogP contribution in [0.15, 0.2) is 54.6 Å². The average molecular weight is 395 g/mol. The topological polar surface area (TPSA) is 83.9 Å². The first-order valence-corrected chi connectivity index (χ1v) is 9.49. The van der Waals surface area contributed by atoms with Crippen molar-refractivity contribution in [2.24, 2.45) is 5.41 Å². The van der Waals surface area contributed by atoms with Crippen molar-refractivity contribution in [3.63, 3.8) is 0 Å². The van der Waals surface area contributed by atoms with Crippen molar-refractivity contribution in [1.29, 1.82) is 0 Å². The molecule has 0 fully saturated rings. The number of hydrogen-bond acceptors (Lipinski definition) is 4. The number of carboxylic acid groups (broad SMARTS) is 1. The monoisotopic (exact) mass is 395 g/mol. The lowest BCUT2D eigenvalue weighted by atomic mass is 9.70. The van der Waals surface area contributed by atoms with Crippen LogP contribution in [-0.4, -0.2) is 34.6 Å². The number of fused-ring (bicyclic) bond motifs is 1. The Morgan fingerprint density at radius 1 is 1.07 bits per heavy atom. The summed E-state index contributed by atoms with van der Waals surface area (Å²) in [4.78, 5) is 40.2. The summed E-state index contributed by atoms with van der Waals surface area (Å²) in [6.07, 6.45) is -0.478. The molecule has 1 N–H and O–H groups in total. The number of nitrogens with zero attached hydrogens (tertiary/aromatic N) is 1. The molecule has 0 bridgehead atoms. The molecule has 2 unspecified atom stereocenters. The van der Waals surface area contributed by atoms with E-state index in [0.717, 1.165) is 5.56 Å². The molecule has 29 heavy (non-hydrogen) atoms. The summed E-state index contributed by atoms with van der Waals surface area (Å²) in [7, 11) is 0. The quantitative estimate of drug-likeness (QED) is 0.782. The first kappa shape index (κ1) is 20.6. The number of carbonyl (C=O) groups is 3. The summed E-state index contributed by atoms with van der Waals surface area (Å²) in [5.74, 6) is -1.78. The second-order valence-corrected chi connectivity index (χ2v) is 8.41. The summed E-state index contributed by atoms with van der Waals surface area (Å²) >= 11 is 0. The highest BCUT2D eigenvalue weighted by Crippen LogP contribution is 2.43. The van der Waals surface area contributed by atoms with Crippen LogP contribution in [0.2, 0.25) is 0 Å². The van der Waals surface area contributed by atoms with Crippen LogP contribution in [0.5, 0.6) is 0 Å². The van der Waals surface area contributed by atoms with Crippen LogP contribution in [0.4, 0.5) is 10.5 Å². The number of Topliss-reactive ketones (excluding diaryl/α,β-unsaturated/α-hetero) is 1. The molecular weight excluding hydrogens is 370 g/mol. The number of carbonyl (C=O) groups excluding carboxylic acids is 2. The van der Waals surface area contributed by atoms with Crippen molar-refractivity contribution in [2.45, 2.75) is 45.8 Å². The van der Waals surface area contributed by atoms with Crippen LogP contribution < -0.4 is 4.90 Å². The van der Waals surface area contributed by atoms with Gasteiger partial charge in [0, 0.05) is 5.56 Å². The summed E-state index contributed by atoms with van der Waals surface area (Å²) in [5.41, 5.74) is -1.20. The fourth-order valence-corrected chi connectivity index (χ4v) is 3.64. The number of ether oxygens (including phenoxy) is 1. The molecule has 0 aromatic heterocycles. The molecule has 1 heterocycles. The maximum atomic E-state index is 13.3. The molecule has 0 saturated heterocycles. The number of amides is 1. The third-order valence-electron chi connectivity index (χ3n) is 5.16. The minimum atomic E-state index is -1.82. The summed E-state index contributed by atoms with van der Waals surface area (Å²) < 4.78 is 5.59. The number of ketones is 1. The van der Waals surface area contributed by atoms with Crippen LogP contribution in [-0.2, 0) is 16.0 Å². The third kappa shape index (κ3) is 3.75. The number of anilines is 1. The average Bonchev–Trinajstić information content (AvgIpc) is 2.65. The minimum absolute atomic E-state index is 0.197. The van der Waals surface area contributed by atoms with Gasteiger partial charge in [0.2, 0.25) is 0 Å². The number of para-hydroxylation sites is 1. The van der Waals surface area contributed by atoms with Gasteiger partial charge >= 0.3 is 12.1 Å². The zero-order valence-corrected chi connectivity index (χ0v) is 17.0. The second-order valence-electron chi connectivity index (χ2n) is 8.41. The first-order chi connectivity index (χ1) is 13.6. The predicted molar refractivity (Wildman–Crippen MR) is 109 cm³/mol. The molecule has 0 radical (unpaired) electrons. The molecule has 1 aliphatic heterocycles. The van der Waals surface area contributed by atoms with Crippen molar-refractivity contribution >= 4 is 23.5 Å². The largest absolute Gasteiger partial charge is 0.480 e. The number of carboxylic acids is 1. The molecule has 6 nitrogen and oxygen atoms in total. The molecule has 152 valence electrons. The van der Waals surface area contributed by atoms with Gasteiger partial charge in [-0.2, -0.15) is 0 Å². The highest BCUT2D eigenvalue weighted by molar-refractivity contribution is 6.19.